The van der Waals surface area contributed by atoms with Crippen molar-refractivity contribution in [3.05, 3.63) is 66.6 Å². The van der Waals surface area contributed by atoms with Gasteiger partial charge in [-0.2, -0.15) is 0 Å². The van der Waals surface area contributed by atoms with Crippen molar-refractivity contribution in [3.8, 4) is 0 Å². The highest BCUT2D eigenvalue weighted by atomic mass is 16.1. The molecule has 3 heterocycles. The molecule has 0 spiro atoms. The first-order valence-corrected chi connectivity index (χ1v) is 9.42. The fourth-order valence-corrected chi connectivity index (χ4v) is 3.21. The summed E-state index contributed by atoms with van der Waals surface area (Å²) >= 11 is 0. The monoisotopic (exact) mass is 377 g/mol. The molecule has 4 rings (SSSR count). The van der Waals surface area contributed by atoms with Crippen molar-refractivity contribution < 1.29 is 4.79 Å². The number of amides is 1. The van der Waals surface area contributed by atoms with Crippen LogP contribution in [0.25, 0.3) is 0 Å². The predicted octanol–water partition coefficient (Wildman–Crippen LogP) is 1.77. The van der Waals surface area contributed by atoms with Crippen LogP contribution in [0.1, 0.15) is 22.5 Å². The highest BCUT2D eigenvalue weighted by Gasteiger charge is 2.13. The minimum Gasteiger partial charge on any atom is -0.354 e. The maximum absolute atomic E-state index is 12.5. The summed E-state index contributed by atoms with van der Waals surface area (Å²) in [5, 5.41) is 6.26. The quantitative estimate of drug-likeness (QED) is 0.705. The molecule has 1 aliphatic heterocycles. The van der Waals surface area contributed by atoms with Crippen LogP contribution in [-0.4, -0.2) is 51.6 Å². The molecule has 8 nitrogen and oxygen atoms in total. The number of imidazole rings is 1. The third-order valence-corrected chi connectivity index (χ3v) is 4.64. The maximum atomic E-state index is 12.5. The van der Waals surface area contributed by atoms with Gasteiger partial charge in [-0.3, -0.25) is 4.79 Å². The SMILES string of the molecule is O=C(Nc1cccc(Cn2ccnc2)c1)c1cnc(N2CCCNCC2)cn1. The van der Waals surface area contributed by atoms with Gasteiger partial charge in [0.15, 0.2) is 0 Å². The molecule has 2 N–H and O–H groups in total. The molecule has 0 saturated carbocycles. The van der Waals surface area contributed by atoms with Crippen molar-refractivity contribution in [2.75, 3.05) is 36.4 Å². The van der Waals surface area contributed by atoms with E-state index in [4.69, 9.17) is 0 Å². The Morgan fingerprint density at radius 2 is 2.14 bits per heavy atom. The molecule has 1 fully saturated rings. The lowest BCUT2D eigenvalue weighted by molar-refractivity contribution is 0.102. The summed E-state index contributed by atoms with van der Waals surface area (Å²) in [5.41, 5.74) is 2.11. The van der Waals surface area contributed by atoms with Crippen molar-refractivity contribution >= 4 is 17.4 Å². The van der Waals surface area contributed by atoms with Crippen molar-refractivity contribution in [1.82, 2.24) is 24.8 Å². The smallest absolute Gasteiger partial charge is 0.275 e. The van der Waals surface area contributed by atoms with Crippen LogP contribution < -0.4 is 15.5 Å². The van der Waals surface area contributed by atoms with Crippen molar-refractivity contribution in [3.63, 3.8) is 0 Å². The van der Waals surface area contributed by atoms with E-state index in [0.29, 0.717) is 12.2 Å². The number of benzene rings is 1. The van der Waals surface area contributed by atoms with Crippen LogP contribution in [0.5, 0.6) is 0 Å². The molecule has 1 aromatic carbocycles. The second kappa shape index (κ2) is 8.62. The Balaban J connectivity index is 1.40. The molecule has 3 aromatic rings. The molecule has 28 heavy (non-hydrogen) atoms. The molecule has 1 aliphatic rings. The topological polar surface area (TPSA) is 88.0 Å². The van der Waals surface area contributed by atoms with Gasteiger partial charge in [-0.25, -0.2) is 15.0 Å². The van der Waals surface area contributed by atoms with E-state index in [2.05, 4.69) is 30.5 Å². The first-order chi connectivity index (χ1) is 13.8. The van der Waals surface area contributed by atoms with Crippen LogP contribution in [0.2, 0.25) is 0 Å². The fourth-order valence-electron chi connectivity index (χ4n) is 3.21. The summed E-state index contributed by atoms with van der Waals surface area (Å²) in [5.74, 6) is 0.541. The number of hydrogen-bond donors (Lipinski definition) is 2. The molecule has 8 heteroatoms. The molecule has 144 valence electrons. The summed E-state index contributed by atoms with van der Waals surface area (Å²) in [4.78, 5) is 27.5. The zero-order valence-corrected chi connectivity index (χ0v) is 15.6. The number of anilines is 2. The Kier molecular flexibility index (Phi) is 5.58. The van der Waals surface area contributed by atoms with Gasteiger partial charge in [0.05, 0.1) is 18.7 Å². The van der Waals surface area contributed by atoms with Crippen molar-refractivity contribution in [2.24, 2.45) is 0 Å². The Morgan fingerprint density at radius 1 is 1.18 bits per heavy atom. The van der Waals surface area contributed by atoms with Gasteiger partial charge in [-0.05, 0) is 30.7 Å². The lowest BCUT2D eigenvalue weighted by atomic mass is 10.2. The minimum atomic E-state index is -0.267. The summed E-state index contributed by atoms with van der Waals surface area (Å²) < 4.78 is 1.98. The summed E-state index contributed by atoms with van der Waals surface area (Å²) in [7, 11) is 0. The van der Waals surface area contributed by atoms with E-state index in [0.717, 1.165) is 49.7 Å². The van der Waals surface area contributed by atoms with E-state index in [-0.39, 0.29) is 5.91 Å². The normalized spacial score (nSPS) is 14.5. The third-order valence-electron chi connectivity index (χ3n) is 4.64. The third kappa shape index (κ3) is 4.52. The lowest BCUT2D eigenvalue weighted by Gasteiger charge is -2.20. The van der Waals surface area contributed by atoms with Crippen molar-refractivity contribution in [2.45, 2.75) is 13.0 Å². The van der Waals surface area contributed by atoms with E-state index >= 15 is 0 Å². The molecule has 1 amide bonds. The average molecular weight is 377 g/mol. The number of nitrogens with one attached hydrogen (secondary N) is 2. The average Bonchev–Trinajstić information content (AvgIpc) is 3.07. The molecular weight excluding hydrogens is 354 g/mol. The van der Waals surface area contributed by atoms with E-state index in [9.17, 15) is 4.79 Å². The Labute approximate surface area is 163 Å². The van der Waals surface area contributed by atoms with Gasteiger partial charge < -0.3 is 20.1 Å². The molecular formula is C20H23N7O. The minimum absolute atomic E-state index is 0.267. The maximum Gasteiger partial charge on any atom is 0.275 e. The van der Waals surface area contributed by atoms with Crippen LogP contribution in [0.15, 0.2) is 55.4 Å². The number of aromatic nitrogens is 4. The van der Waals surface area contributed by atoms with E-state index in [1.54, 1.807) is 24.9 Å². The highest BCUT2D eigenvalue weighted by Crippen LogP contribution is 2.14. The van der Waals surface area contributed by atoms with Gasteiger partial charge in [0.1, 0.15) is 11.5 Å². The zero-order chi connectivity index (χ0) is 19.2. The number of rotatable bonds is 5. The molecule has 0 unspecified atom stereocenters. The summed E-state index contributed by atoms with van der Waals surface area (Å²) in [6.07, 6.45) is 9.70. The van der Waals surface area contributed by atoms with Gasteiger partial charge in [0.25, 0.3) is 5.91 Å². The highest BCUT2D eigenvalue weighted by molar-refractivity contribution is 6.02. The number of hydrogen-bond acceptors (Lipinski definition) is 6. The van der Waals surface area contributed by atoms with Gasteiger partial charge >= 0.3 is 0 Å². The zero-order valence-electron chi connectivity index (χ0n) is 15.6. The lowest BCUT2D eigenvalue weighted by Crippen LogP contribution is -2.29. The molecule has 1 saturated heterocycles. The summed E-state index contributed by atoms with van der Waals surface area (Å²) in [6, 6.07) is 7.75. The van der Waals surface area contributed by atoms with Crippen LogP contribution in [0.3, 0.4) is 0 Å². The molecule has 0 bridgehead atoms. The summed E-state index contributed by atoms with van der Waals surface area (Å²) in [6.45, 7) is 4.48. The van der Waals surface area contributed by atoms with Crippen molar-refractivity contribution in [1.29, 1.82) is 0 Å². The van der Waals surface area contributed by atoms with E-state index < -0.39 is 0 Å². The van der Waals surface area contributed by atoms with Crippen LogP contribution in [-0.2, 0) is 6.54 Å². The predicted molar refractivity (Wildman–Crippen MR) is 107 cm³/mol. The van der Waals surface area contributed by atoms with E-state index in [1.165, 1.54) is 0 Å². The van der Waals surface area contributed by atoms with Gasteiger partial charge in [-0.1, -0.05) is 12.1 Å². The Bertz CT molecular complexity index is 901. The largest absolute Gasteiger partial charge is 0.354 e. The number of carbonyl (C=O) groups is 1. The molecule has 0 atom stereocenters. The molecule has 2 aromatic heterocycles. The first kappa shape index (κ1) is 18.1. The molecule has 0 radical (unpaired) electrons. The number of carbonyl (C=O) groups excluding carboxylic acids is 1. The second-order valence-corrected chi connectivity index (χ2v) is 6.74. The Morgan fingerprint density at radius 3 is 2.96 bits per heavy atom. The van der Waals surface area contributed by atoms with Gasteiger partial charge in [0, 0.05) is 44.3 Å². The fraction of sp³-hybridized carbons (Fsp3) is 0.300. The van der Waals surface area contributed by atoms with E-state index in [1.807, 2.05) is 35.0 Å². The van der Waals surface area contributed by atoms with Gasteiger partial charge in [0.2, 0.25) is 0 Å². The first-order valence-electron chi connectivity index (χ1n) is 9.42. The van der Waals surface area contributed by atoms with Crippen LogP contribution >= 0.6 is 0 Å². The van der Waals surface area contributed by atoms with Gasteiger partial charge in [-0.15, -0.1) is 0 Å². The number of nitrogens with zero attached hydrogens (tertiary/aromatic N) is 5. The van der Waals surface area contributed by atoms with Crippen LogP contribution in [0, 0.1) is 0 Å². The van der Waals surface area contributed by atoms with Crippen LogP contribution in [0.4, 0.5) is 11.5 Å². The molecule has 0 aliphatic carbocycles. The standard InChI is InChI=1S/C20H23N7O/c28-20(18-12-24-19(13-23-18)27-8-2-5-21-7-10-27)25-17-4-1-3-16(11-17)14-26-9-6-22-15-26/h1,3-4,6,9,11-13,15,21H,2,5,7-8,10,14H2,(H,25,28). The second-order valence-electron chi connectivity index (χ2n) is 6.74. The Hall–Kier alpha value is -3.26.